The van der Waals surface area contributed by atoms with E-state index in [0.29, 0.717) is 12.1 Å². The van der Waals surface area contributed by atoms with Crippen LogP contribution in [0.5, 0.6) is 0 Å². The molecule has 0 aliphatic carbocycles. The summed E-state index contributed by atoms with van der Waals surface area (Å²) in [7, 11) is 0. The Labute approximate surface area is 70.8 Å². The van der Waals surface area contributed by atoms with Crippen LogP contribution in [0, 0.1) is 0 Å². The molecule has 1 rings (SSSR count). The van der Waals surface area contributed by atoms with E-state index in [9.17, 15) is 4.79 Å². The van der Waals surface area contributed by atoms with Gasteiger partial charge in [-0.2, -0.15) is 10.2 Å². The molecular formula is C8H11N3O. The van der Waals surface area contributed by atoms with Gasteiger partial charge >= 0.3 is 0 Å². The molecule has 0 saturated heterocycles. The van der Waals surface area contributed by atoms with Crippen molar-refractivity contribution in [3.05, 3.63) is 24.0 Å². The highest BCUT2D eigenvalue weighted by molar-refractivity contribution is 5.81. The summed E-state index contributed by atoms with van der Waals surface area (Å²) in [4.78, 5) is 10.9. The number of hydrogen-bond donors (Lipinski definition) is 1. The number of rotatable bonds is 3. The van der Waals surface area contributed by atoms with E-state index in [-0.39, 0.29) is 11.8 Å². The Kier molecular flexibility index (Phi) is 2.74. The van der Waals surface area contributed by atoms with Gasteiger partial charge in [0, 0.05) is 6.20 Å². The number of carbonyl (C=O) groups excluding carboxylic acids is 1. The highest BCUT2D eigenvalue weighted by atomic mass is 16.1. The van der Waals surface area contributed by atoms with E-state index in [2.05, 4.69) is 10.2 Å². The molecule has 0 spiro atoms. The maximum atomic E-state index is 10.9. The second-order valence-corrected chi connectivity index (χ2v) is 2.51. The van der Waals surface area contributed by atoms with Crippen LogP contribution in [0.25, 0.3) is 0 Å². The molecule has 1 aromatic heterocycles. The number of amides is 1. The van der Waals surface area contributed by atoms with E-state index in [0.717, 1.165) is 0 Å². The van der Waals surface area contributed by atoms with Crippen LogP contribution in [-0.4, -0.2) is 16.1 Å². The lowest BCUT2D eigenvalue weighted by atomic mass is 10.0. The lowest BCUT2D eigenvalue weighted by Crippen LogP contribution is -2.21. The minimum absolute atomic E-state index is 0.307. The highest BCUT2D eigenvalue weighted by Crippen LogP contribution is 2.14. The minimum Gasteiger partial charge on any atom is -0.369 e. The maximum Gasteiger partial charge on any atom is 0.226 e. The van der Waals surface area contributed by atoms with Crippen LogP contribution in [0.4, 0.5) is 0 Å². The molecule has 1 amide bonds. The Balaban J connectivity index is 2.88. The van der Waals surface area contributed by atoms with Gasteiger partial charge in [-0.1, -0.05) is 6.92 Å². The second-order valence-electron chi connectivity index (χ2n) is 2.51. The lowest BCUT2D eigenvalue weighted by Gasteiger charge is -2.07. The van der Waals surface area contributed by atoms with Crippen molar-refractivity contribution in [3.63, 3.8) is 0 Å². The average molecular weight is 165 g/mol. The smallest absolute Gasteiger partial charge is 0.226 e. The molecule has 0 bridgehead atoms. The van der Waals surface area contributed by atoms with Crippen LogP contribution < -0.4 is 5.73 Å². The van der Waals surface area contributed by atoms with Gasteiger partial charge in [0.15, 0.2) is 0 Å². The van der Waals surface area contributed by atoms with Gasteiger partial charge in [-0.05, 0) is 18.6 Å². The first-order valence-electron chi connectivity index (χ1n) is 3.82. The quantitative estimate of drug-likeness (QED) is 0.707. The third-order valence-corrected chi connectivity index (χ3v) is 1.70. The molecule has 0 aromatic carbocycles. The summed E-state index contributed by atoms with van der Waals surface area (Å²) in [5, 5.41) is 7.50. The summed E-state index contributed by atoms with van der Waals surface area (Å²) in [5.41, 5.74) is 5.82. The van der Waals surface area contributed by atoms with Crippen molar-refractivity contribution < 1.29 is 4.79 Å². The predicted octanol–water partition coefficient (Wildman–Crippen LogP) is 0.455. The predicted molar refractivity (Wildman–Crippen MR) is 44.3 cm³/mol. The number of primary amides is 1. The lowest BCUT2D eigenvalue weighted by molar-refractivity contribution is -0.119. The van der Waals surface area contributed by atoms with Gasteiger partial charge in [0.25, 0.3) is 0 Å². The first-order valence-corrected chi connectivity index (χ1v) is 3.82. The molecule has 0 aliphatic rings. The van der Waals surface area contributed by atoms with Gasteiger partial charge < -0.3 is 5.73 Å². The number of hydrogen-bond acceptors (Lipinski definition) is 3. The Bertz CT molecular complexity index is 260. The summed E-state index contributed by atoms with van der Waals surface area (Å²) >= 11 is 0. The zero-order chi connectivity index (χ0) is 8.97. The van der Waals surface area contributed by atoms with Crippen molar-refractivity contribution in [1.29, 1.82) is 0 Å². The standard InChI is InChI=1S/C8H11N3O/c1-2-6(8(9)12)7-4-3-5-10-11-7/h3-6H,2H2,1H3,(H2,9,12). The molecular weight excluding hydrogens is 154 g/mol. The van der Waals surface area contributed by atoms with Crippen LogP contribution >= 0.6 is 0 Å². The Hall–Kier alpha value is -1.45. The van der Waals surface area contributed by atoms with Crippen molar-refractivity contribution >= 4 is 5.91 Å². The van der Waals surface area contributed by atoms with E-state index in [4.69, 9.17) is 5.73 Å². The van der Waals surface area contributed by atoms with Crippen molar-refractivity contribution in [2.75, 3.05) is 0 Å². The van der Waals surface area contributed by atoms with Crippen molar-refractivity contribution in [2.24, 2.45) is 5.73 Å². The fourth-order valence-electron chi connectivity index (χ4n) is 1.06. The number of carbonyl (C=O) groups is 1. The van der Waals surface area contributed by atoms with Crippen LogP contribution in [0.2, 0.25) is 0 Å². The van der Waals surface area contributed by atoms with Gasteiger partial charge in [0.05, 0.1) is 11.6 Å². The third kappa shape index (κ3) is 1.78. The Morgan fingerprint density at radius 1 is 1.75 bits per heavy atom. The van der Waals surface area contributed by atoms with Crippen molar-refractivity contribution in [3.8, 4) is 0 Å². The molecule has 4 nitrogen and oxygen atoms in total. The first-order chi connectivity index (χ1) is 5.75. The number of aromatic nitrogens is 2. The van der Waals surface area contributed by atoms with Gasteiger partial charge in [0.2, 0.25) is 5.91 Å². The summed E-state index contributed by atoms with van der Waals surface area (Å²) in [6.07, 6.45) is 2.23. The molecule has 0 fully saturated rings. The van der Waals surface area contributed by atoms with E-state index >= 15 is 0 Å². The summed E-state index contributed by atoms with van der Waals surface area (Å²) in [5.74, 6) is -0.656. The molecule has 1 atom stereocenters. The van der Waals surface area contributed by atoms with Gasteiger partial charge in [-0.15, -0.1) is 0 Å². The highest BCUT2D eigenvalue weighted by Gasteiger charge is 2.16. The van der Waals surface area contributed by atoms with E-state index in [1.54, 1.807) is 18.3 Å². The largest absolute Gasteiger partial charge is 0.369 e. The molecule has 4 heteroatoms. The second kappa shape index (κ2) is 3.80. The van der Waals surface area contributed by atoms with Crippen LogP contribution in [-0.2, 0) is 4.79 Å². The topological polar surface area (TPSA) is 68.9 Å². The SMILES string of the molecule is CCC(C(N)=O)c1cccnn1. The monoisotopic (exact) mass is 165 g/mol. The van der Waals surface area contributed by atoms with Gasteiger partial charge in [-0.3, -0.25) is 4.79 Å². The molecule has 2 N–H and O–H groups in total. The Morgan fingerprint density at radius 3 is 2.92 bits per heavy atom. The van der Waals surface area contributed by atoms with Crippen LogP contribution in [0.15, 0.2) is 18.3 Å². The molecule has 1 unspecified atom stereocenters. The van der Waals surface area contributed by atoms with Crippen molar-refractivity contribution in [2.45, 2.75) is 19.3 Å². The van der Waals surface area contributed by atoms with Crippen molar-refractivity contribution in [1.82, 2.24) is 10.2 Å². The summed E-state index contributed by atoms with van der Waals surface area (Å²) in [6, 6.07) is 3.50. The normalized spacial score (nSPS) is 12.4. The van der Waals surface area contributed by atoms with Crippen LogP contribution in [0.1, 0.15) is 25.0 Å². The molecule has 0 aliphatic heterocycles. The van der Waals surface area contributed by atoms with Crippen LogP contribution in [0.3, 0.4) is 0 Å². The minimum atomic E-state index is -0.349. The molecule has 0 radical (unpaired) electrons. The first kappa shape index (κ1) is 8.64. The Morgan fingerprint density at radius 2 is 2.50 bits per heavy atom. The van der Waals surface area contributed by atoms with Gasteiger partial charge in [0.1, 0.15) is 0 Å². The molecule has 12 heavy (non-hydrogen) atoms. The molecule has 1 heterocycles. The van der Waals surface area contributed by atoms with E-state index < -0.39 is 0 Å². The third-order valence-electron chi connectivity index (χ3n) is 1.70. The number of nitrogens with two attached hydrogens (primary N) is 1. The fourth-order valence-corrected chi connectivity index (χ4v) is 1.06. The van der Waals surface area contributed by atoms with E-state index in [1.807, 2.05) is 6.92 Å². The maximum absolute atomic E-state index is 10.9. The summed E-state index contributed by atoms with van der Waals surface area (Å²) in [6.45, 7) is 1.89. The number of nitrogens with zero attached hydrogens (tertiary/aromatic N) is 2. The molecule has 0 saturated carbocycles. The van der Waals surface area contributed by atoms with Gasteiger partial charge in [-0.25, -0.2) is 0 Å². The molecule has 64 valence electrons. The zero-order valence-electron chi connectivity index (χ0n) is 6.90. The zero-order valence-corrected chi connectivity index (χ0v) is 6.90. The van der Waals surface area contributed by atoms with E-state index in [1.165, 1.54) is 0 Å². The summed E-state index contributed by atoms with van der Waals surface area (Å²) < 4.78 is 0. The molecule has 1 aromatic rings. The average Bonchev–Trinajstić information content (AvgIpc) is 2.07. The fraction of sp³-hybridized carbons (Fsp3) is 0.375.